The van der Waals surface area contributed by atoms with Gasteiger partial charge in [-0.3, -0.25) is 4.18 Å². The van der Waals surface area contributed by atoms with Gasteiger partial charge in [0, 0.05) is 4.47 Å². The van der Waals surface area contributed by atoms with Crippen molar-refractivity contribution in [2.24, 2.45) is 0 Å². The van der Waals surface area contributed by atoms with E-state index in [1.54, 1.807) is 38.1 Å². The fraction of sp³-hybridized carbons (Fsp3) is 0.400. The number of rotatable bonds is 3. The SMILES string of the molecule is CC(C)(OSC(F)(F)F)c1ccccc1Br. The fourth-order valence-electron chi connectivity index (χ4n) is 1.15. The molecular weight excluding hydrogens is 305 g/mol. The zero-order valence-corrected chi connectivity index (χ0v) is 11.0. The molecule has 1 aromatic rings. The molecule has 0 aliphatic heterocycles. The summed E-state index contributed by atoms with van der Waals surface area (Å²) in [4.78, 5) is 0. The average molecular weight is 315 g/mol. The highest BCUT2D eigenvalue weighted by Gasteiger charge is 2.35. The Morgan fingerprint density at radius 3 is 2.25 bits per heavy atom. The van der Waals surface area contributed by atoms with Crippen molar-refractivity contribution < 1.29 is 17.4 Å². The third-order valence-corrected chi connectivity index (χ3v) is 3.25. The van der Waals surface area contributed by atoms with E-state index < -0.39 is 23.2 Å². The van der Waals surface area contributed by atoms with Gasteiger partial charge in [0.05, 0.1) is 0 Å². The molecule has 90 valence electrons. The first-order valence-electron chi connectivity index (χ1n) is 4.41. The Labute approximate surface area is 105 Å². The van der Waals surface area contributed by atoms with Crippen LogP contribution in [-0.4, -0.2) is 5.51 Å². The quantitative estimate of drug-likeness (QED) is 0.736. The fourth-order valence-corrected chi connectivity index (χ4v) is 2.30. The zero-order chi connectivity index (χ0) is 12.4. The van der Waals surface area contributed by atoms with Crippen LogP contribution in [0.4, 0.5) is 13.2 Å². The third kappa shape index (κ3) is 3.99. The molecular formula is C10H10BrF3OS. The molecule has 0 saturated carbocycles. The van der Waals surface area contributed by atoms with Gasteiger partial charge in [0.15, 0.2) is 0 Å². The molecule has 0 saturated heterocycles. The summed E-state index contributed by atoms with van der Waals surface area (Å²) in [6.45, 7) is 3.18. The maximum absolute atomic E-state index is 12.0. The summed E-state index contributed by atoms with van der Waals surface area (Å²) in [5, 5.41) is 0. The summed E-state index contributed by atoms with van der Waals surface area (Å²) in [5.41, 5.74) is -4.73. The monoisotopic (exact) mass is 314 g/mol. The van der Waals surface area contributed by atoms with Gasteiger partial charge in [-0.2, -0.15) is 13.2 Å². The van der Waals surface area contributed by atoms with E-state index in [-0.39, 0.29) is 0 Å². The molecule has 0 aliphatic rings. The minimum Gasteiger partial charge on any atom is -0.297 e. The molecule has 1 rings (SSSR count). The van der Waals surface area contributed by atoms with Crippen LogP contribution in [0, 0.1) is 0 Å². The lowest BCUT2D eigenvalue weighted by atomic mass is 9.99. The van der Waals surface area contributed by atoms with E-state index in [0.717, 1.165) is 4.47 Å². The van der Waals surface area contributed by atoms with Gasteiger partial charge in [0.25, 0.3) is 0 Å². The number of hydrogen-bond donors (Lipinski definition) is 0. The summed E-state index contributed by atoms with van der Waals surface area (Å²) in [6, 6.07) is 7.03. The number of benzene rings is 1. The van der Waals surface area contributed by atoms with Crippen LogP contribution < -0.4 is 0 Å². The Hall–Kier alpha value is -0.200. The molecule has 0 fully saturated rings. The summed E-state index contributed by atoms with van der Waals surface area (Å²) >= 11 is 2.81. The summed E-state index contributed by atoms with van der Waals surface area (Å²) < 4.78 is 41.6. The van der Waals surface area contributed by atoms with Crippen molar-refractivity contribution in [2.75, 3.05) is 0 Å². The van der Waals surface area contributed by atoms with Gasteiger partial charge >= 0.3 is 5.51 Å². The van der Waals surface area contributed by atoms with E-state index in [1.165, 1.54) is 0 Å². The van der Waals surface area contributed by atoms with Crippen molar-refractivity contribution in [2.45, 2.75) is 25.0 Å². The number of halogens is 4. The van der Waals surface area contributed by atoms with E-state index in [0.29, 0.717) is 5.56 Å². The lowest BCUT2D eigenvalue weighted by Crippen LogP contribution is -2.21. The van der Waals surface area contributed by atoms with E-state index in [4.69, 9.17) is 4.18 Å². The Kier molecular flexibility index (Phi) is 4.31. The normalized spacial score (nSPS) is 12.9. The number of hydrogen-bond acceptors (Lipinski definition) is 2. The molecule has 0 bridgehead atoms. The van der Waals surface area contributed by atoms with Gasteiger partial charge in [0.1, 0.15) is 17.6 Å². The minimum absolute atomic E-state index is 0.477. The molecule has 0 heterocycles. The first-order chi connectivity index (χ1) is 7.22. The second-order valence-electron chi connectivity index (χ2n) is 3.60. The molecule has 16 heavy (non-hydrogen) atoms. The maximum atomic E-state index is 12.0. The van der Waals surface area contributed by atoms with Crippen LogP contribution in [0.15, 0.2) is 28.7 Å². The lowest BCUT2D eigenvalue weighted by molar-refractivity contribution is -0.0458. The van der Waals surface area contributed by atoms with E-state index in [9.17, 15) is 13.2 Å². The van der Waals surface area contributed by atoms with Crippen molar-refractivity contribution >= 4 is 28.0 Å². The molecule has 0 N–H and O–H groups in total. The molecule has 1 nitrogen and oxygen atoms in total. The lowest BCUT2D eigenvalue weighted by Gasteiger charge is -2.25. The van der Waals surface area contributed by atoms with Crippen LogP contribution in [-0.2, 0) is 9.78 Å². The topological polar surface area (TPSA) is 9.23 Å². The predicted molar refractivity (Wildman–Crippen MR) is 61.9 cm³/mol. The first kappa shape index (κ1) is 13.9. The Morgan fingerprint density at radius 2 is 1.75 bits per heavy atom. The molecule has 0 unspecified atom stereocenters. The van der Waals surface area contributed by atoms with Crippen LogP contribution >= 0.6 is 28.0 Å². The van der Waals surface area contributed by atoms with Crippen molar-refractivity contribution in [3.63, 3.8) is 0 Å². The molecule has 0 aliphatic carbocycles. The van der Waals surface area contributed by atoms with E-state index >= 15 is 0 Å². The Balaban J connectivity index is 2.82. The van der Waals surface area contributed by atoms with Crippen LogP contribution in [0.2, 0.25) is 0 Å². The first-order valence-corrected chi connectivity index (χ1v) is 5.94. The van der Waals surface area contributed by atoms with Crippen LogP contribution in [0.25, 0.3) is 0 Å². The molecule has 0 atom stereocenters. The summed E-state index contributed by atoms with van der Waals surface area (Å²) in [5.74, 6) is 0. The summed E-state index contributed by atoms with van der Waals surface area (Å²) in [7, 11) is 0. The molecule has 0 amide bonds. The van der Waals surface area contributed by atoms with Crippen molar-refractivity contribution in [1.82, 2.24) is 0 Å². The average Bonchev–Trinajstić information content (AvgIpc) is 2.14. The largest absolute Gasteiger partial charge is 0.468 e. The highest BCUT2D eigenvalue weighted by Crippen LogP contribution is 2.40. The maximum Gasteiger partial charge on any atom is 0.468 e. The van der Waals surface area contributed by atoms with E-state index in [1.807, 2.05) is 0 Å². The predicted octanol–water partition coefficient (Wildman–Crippen LogP) is 4.87. The van der Waals surface area contributed by atoms with Gasteiger partial charge in [-0.15, -0.1) is 0 Å². The van der Waals surface area contributed by atoms with Crippen LogP contribution in [0.3, 0.4) is 0 Å². The highest BCUT2D eigenvalue weighted by atomic mass is 79.9. The highest BCUT2D eigenvalue weighted by molar-refractivity contribution is 9.10. The van der Waals surface area contributed by atoms with Crippen molar-refractivity contribution in [3.8, 4) is 0 Å². The minimum atomic E-state index is -4.39. The van der Waals surface area contributed by atoms with Gasteiger partial charge in [-0.25, -0.2) is 0 Å². The van der Waals surface area contributed by atoms with Crippen LogP contribution in [0.5, 0.6) is 0 Å². The second-order valence-corrected chi connectivity index (χ2v) is 5.25. The van der Waals surface area contributed by atoms with E-state index in [2.05, 4.69) is 15.9 Å². The Morgan fingerprint density at radius 1 is 1.19 bits per heavy atom. The molecule has 6 heteroatoms. The molecule has 0 radical (unpaired) electrons. The van der Waals surface area contributed by atoms with Gasteiger partial charge in [-0.1, -0.05) is 34.1 Å². The van der Waals surface area contributed by atoms with Gasteiger partial charge in [-0.05, 0) is 25.5 Å². The standard InChI is InChI=1S/C10H10BrF3OS/c1-9(2,15-16-10(12,13)14)7-5-3-4-6-8(7)11/h3-6H,1-2H3. The smallest absolute Gasteiger partial charge is 0.297 e. The van der Waals surface area contributed by atoms with Gasteiger partial charge < -0.3 is 0 Å². The molecule has 0 aromatic heterocycles. The number of alkyl halides is 3. The third-order valence-electron chi connectivity index (χ3n) is 1.87. The van der Waals surface area contributed by atoms with Crippen molar-refractivity contribution in [3.05, 3.63) is 34.3 Å². The van der Waals surface area contributed by atoms with Crippen LogP contribution in [0.1, 0.15) is 19.4 Å². The Bertz CT molecular complexity index is 365. The molecule has 1 aromatic carbocycles. The second kappa shape index (κ2) is 4.98. The van der Waals surface area contributed by atoms with Gasteiger partial charge in [0.2, 0.25) is 0 Å². The molecule has 0 spiro atoms. The van der Waals surface area contributed by atoms with Crippen molar-refractivity contribution in [1.29, 1.82) is 0 Å². The summed E-state index contributed by atoms with van der Waals surface area (Å²) in [6.07, 6.45) is 0. The zero-order valence-electron chi connectivity index (χ0n) is 8.64.